The van der Waals surface area contributed by atoms with Gasteiger partial charge in [0.25, 0.3) is 0 Å². The number of rotatable bonds is 13. The van der Waals surface area contributed by atoms with Gasteiger partial charge in [-0.2, -0.15) is 0 Å². The molecule has 35 heavy (non-hydrogen) atoms. The van der Waals surface area contributed by atoms with E-state index in [1.54, 1.807) is 0 Å². The van der Waals surface area contributed by atoms with E-state index in [-0.39, 0.29) is 0 Å². The fourth-order valence-corrected chi connectivity index (χ4v) is 4.71. The molecule has 0 amide bonds. The Morgan fingerprint density at radius 3 is 2.23 bits per heavy atom. The van der Waals surface area contributed by atoms with Crippen LogP contribution in [0, 0.1) is 5.92 Å². The summed E-state index contributed by atoms with van der Waals surface area (Å²) in [6.45, 7) is 8.74. The lowest BCUT2D eigenvalue weighted by Gasteiger charge is -2.28. The molecule has 0 aromatic heterocycles. The highest BCUT2D eigenvalue weighted by molar-refractivity contribution is 5.83. The quantitative estimate of drug-likeness (QED) is 0.250. The third-order valence-electron chi connectivity index (χ3n) is 6.55. The molecule has 0 aliphatic carbocycles. The van der Waals surface area contributed by atoms with E-state index in [1.165, 1.54) is 33.0 Å². The van der Waals surface area contributed by atoms with E-state index in [9.17, 15) is 0 Å². The number of nitrogens with zero attached hydrogens (tertiary/aromatic N) is 1. The van der Waals surface area contributed by atoms with Crippen molar-refractivity contribution in [3.05, 3.63) is 121 Å². The first-order valence-electron chi connectivity index (χ1n) is 12.6. The number of hydrogen-bond acceptors (Lipinski definition) is 3. The lowest BCUT2D eigenvalue weighted by Crippen LogP contribution is -2.37. The molecule has 0 aliphatic rings. The molecule has 4 rings (SSSR count). The van der Waals surface area contributed by atoms with Crippen molar-refractivity contribution < 1.29 is 0 Å². The smallest absolute Gasteiger partial charge is 0.0234 e. The van der Waals surface area contributed by atoms with Gasteiger partial charge in [-0.1, -0.05) is 104 Å². The van der Waals surface area contributed by atoms with Crippen LogP contribution >= 0.6 is 0 Å². The number of hydrogen-bond donors (Lipinski definition) is 2. The maximum Gasteiger partial charge on any atom is 0.0234 e. The van der Waals surface area contributed by atoms with Crippen molar-refractivity contribution in [2.45, 2.75) is 13.0 Å². The second kappa shape index (κ2) is 12.9. The van der Waals surface area contributed by atoms with Gasteiger partial charge in [-0.15, -0.1) is 0 Å². The van der Waals surface area contributed by atoms with E-state index in [0.29, 0.717) is 5.92 Å². The molecule has 0 saturated carbocycles. The fraction of sp³-hybridized carbons (Fsp3) is 0.250. The Hall–Kier alpha value is -3.40. The highest BCUT2D eigenvalue weighted by atomic mass is 15.1. The normalized spacial score (nSPS) is 12.1. The number of fused-ring (bicyclic) bond motifs is 1. The van der Waals surface area contributed by atoms with Crippen LogP contribution in [-0.2, 0) is 13.0 Å². The van der Waals surface area contributed by atoms with E-state index in [4.69, 9.17) is 0 Å². The molecule has 4 aromatic carbocycles. The highest BCUT2D eigenvalue weighted by Crippen LogP contribution is 2.21. The molecule has 3 nitrogen and oxygen atoms in total. The minimum absolute atomic E-state index is 0.481. The van der Waals surface area contributed by atoms with Crippen molar-refractivity contribution in [1.82, 2.24) is 15.5 Å². The van der Waals surface area contributed by atoms with Crippen LogP contribution in [0.3, 0.4) is 0 Å². The summed E-state index contributed by atoms with van der Waals surface area (Å²) in [5.41, 5.74) is 5.26. The molecular weight excluding hydrogens is 426 g/mol. The Morgan fingerprint density at radius 2 is 1.49 bits per heavy atom. The van der Waals surface area contributed by atoms with E-state index in [0.717, 1.165) is 39.1 Å². The van der Waals surface area contributed by atoms with Crippen LogP contribution in [0.2, 0.25) is 0 Å². The maximum absolute atomic E-state index is 3.88. The summed E-state index contributed by atoms with van der Waals surface area (Å²) in [6, 6.07) is 35.1. The standard InChI is InChI=1S/C32H37N3/c1-3-34-23-28(21-27-15-18-30-11-7-8-12-32(30)22-27)25-35(20-19-33-2)24-26-13-16-31(17-14-26)29-9-5-4-6-10-29/h3-18,22,28,33-34H,1,19-21,23-25H2,2H3. The van der Waals surface area contributed by atoms with Crippen LogP contribution < -0.4 is 10.6 Å². The summed E-state index contributed by atoms with van der Waals surface area (Å²) >= 11 is 0. The predicted molar refractivity (Wildman–Crippen MR) is 150 cm³/mol. The number of benzene rings is 4. The van der Waals surface area contributed by atoms with Crippen LogP contribution in [-0.4, -0.2) is 38.1 Å². The zero-order chi connectivity index (χ0) is 24.3. The Bertz CT molecular complexity index is 1180. The summed E-state index contributed by atoms with van der Waals surface area (Å²) in [5, 5.41) is 9.31. The molecule has 0 radical (unpaired) electrons. The third-order valence-corrected chi connectivity index (χ3v) is 6.55. The van der Waals surface area contributed by atoms with Crippen LogP contribution in [0.4, 0.5) is 0 Å². The number of nitrogens with one attached hydrogen (secondary N) is 2. The second-order valence-electron chi connectivity index (χ2n) is 9.27. The van der Waals surface area contributed by atoms with Crippen LogP contribution in [0.5, 0.6) is 0 Å². The van der Waals surface area contributed by atoms with Crippen molar-refractivity contribution in [2.75, 3.05) is 33.2 Å². The van der Waals surface area contributed by atoms with Gasteiger partial charge in [0.15, 0.2) is 0 Å². The average molecular weight is 464 g/mol. The zero-order valence-corrected chi connectivity index (χ0v) is 20.8. The van der Waals surface area contributed by atoms with E-state index < -0.39 is 0 Å². The van der Waals surface area contributed by atoms with Crippen molar-refractivity contribution in [2.24, 2.45) is 5.92 Å². The molecular formula is C32H37N3. The molecule has 0 bridgehead atoms. The molecule has 0 fully saturated rings. The van der Waals surface area contributed by atoms with Gasteiger partial charge in [-0.05, 0) is 58.6 Å². The summed E-state index contributed by atoms with van der Waals surface area (Å²) < 4.78 is 0. The topological polar surface area (TPSA) is 27.3 Å². The maximum atomic E-state index is 3.88. The van der Waals surface area contributed by atoms with E-state index in [2.05, 4.69) is 119 Å². The van der Waals surface area contributed by atoms with Crippen molar-refractivity contribution in [3.63, 3.8) is 0 Å². The van der Waals surface area contributed by atoms with Crippen molar-refractivity contribution in [1.29, 1.82) is 0 Å². The van der Waals surface area contributed by atoms with Gasteiger partial charge in [0.1, 0.15) is 0 Å². The van der Waals surface area contributed by atoms with Gasteiger partial charge in [-0.3, -0.25) is 4.90 Å². The van der Waals surface area contributed by atoms with Gasteiger partial charge in [0.05, 0.1) is 0 Å². The first-order valence-corrected chi connectivity index (χ1v) is 12.6. The largest absolute Gasteiger partial charge is 0.391 e. The lowest BCUT2D eigenvalue weighted by atomic mass is 9.96. The predicted octanol–water partition coefficient (Wildman–Crippen LogP) is 6.12. The number of likely N-dealkylation sites (N-methyl/N-ethyl adjacent to an activating group) is 1. The Balaban J connectivity index is 1.46. The highest BCUT2D eigenvalue weighted by Gasteiger charge is 2.16. The molecule has 0 aliphatic heterocycles. The summed E-state index contributed by atoms with van der Waals surface area (Å²) in [5.74, 6) is 0.481. The van der Waals surface area contributed by atoms with Gasteiger partial charge in [0, 0.05) is 32.7 Å². The van der Waals surface area contributed by atoms with Crippen molar-refractivity contribution in [3.8, 4) is 11.1 Å². The third kappa shape index (κ3) is 7.29. The molecule has 1 atom stereocenters. The summed E-state index contributed by atoms with van der Waals surface area (Å²) in [6.07, 6.45) is 2.85. The Kier molecular flexibility index (Phi) is 9.11. The van der Waals surface area contributed by atoms with Crippen LogP contribution in [0.15, 0.2) is 110 Å². The van der Waals surface area contributed by atoms with Gasteiger partial charge in [0.2, 0.25) is 0 Å². The van der Waals surface area contributed by atoms with Gasteiger partial charge >= 0.3 is 0 Å². The fourth-order valence-electron chi connectivity index (χ4n) is 4.71. The van der Waals surface area contributed by atoms with Crippen molar-refractivity contribution >= 4 is 10.8 Å². The lowest BCUT2D eigenvalue weighted by molar-refractivity contribution is 0.222. The molecule has 180 valence electrons. The van der Waals surface area contributed by atoms with Crippen LogP contribution in [0.1, 0.15) is 11.1 Å². The second-order valence-corrected chi connectivity index (χ2v) is 9.27. The Morgan fingerprint density at radius 1 is 0.800 bits per heavy atom. The summed E-state index contributed by atoms with van der Waals surface area (Å²) in [7, 11) is 2.03. The molecule has 0 saturated heterocycles. The Labute approximate surface area is 210 Å². The first kappa shape index (κ1) is 24.7. The molecule has 0 heterocycles. The molecule has 4 aromatic rings. The van der Waals surface area contributed by atoms with Gasteiger partial charge < -0.3 is 10.6 Å². The van der Waals surface area contributed by atoms with Crippen LogP contribution in [0.25, 0.3) is 21.9 Å². The summed E-state index contributed by atoms with van der Waals surface area (Å²) in [4.78, 5) is 2.57. The zero-order valence-electron chi connectivity index (χ0n) is 20.8. The molecule has 2 N–H and O–H groups in total. The monoisotopic (exact) mass is 463 g/mol. The first-order chi connectivity index (χ1) is 17.2. The van der Waals surface area contributed by atoms with E-state index in [1.807, 2.05) is 13.2 Å². The molecule has 0 spiro atoms. The minimum Gasteiger partial charge on any atom is -0.391 e. The minimum atomic E-state index is 0.481. The SMILES string of the molecule is C=CNCC(Cc1ccc2ccccc2c1)CN(CCNC)Cc1ccc(-c2ccccc2)cc1. The molecule has 3 heteroatoms. The van der Waals surface area contributed by atoms with Gasteiger partial charge in [-0.25, -0.2) is 0 Å². The molecule has 1 unspecified atom stereocenters. The average Bonchev–Trinajstić information content (AvgIpc) is 2.91. The van der Waals surface area contributed by atoms with E-state index >= 15 is 0 Å².